The highest BCUT2D eigenvalue weighted by atomic mass is 16.3. The first-order valence-corrected chi connectivity index (χ1v) is 10.8. The first-order chi connectivity index (χ1) is 15.8. The zero-order chi connectivity index (χ0) is 21.5. The number of benzene rings is 3. The van der Waals surface area contributed by atoms with Crippen LogP contribution in [-0.4, -0.2) is 30.3 Å². The maximum Gasteiger partial charge on any atom is 0.142 e. The van der Waals surface area contributed by atoms with Crippen LogP contribution in [0.4, 0.5) is 0 Å². The van der Waals surface area contributed by atoms with Crippen LogP contribution in [-0.2, 0) is 13.1 Å². The number of imidazole rings is 1. The molecule has 0 saturated heterocycles. The Balaban J connectivity index is 1.42. The Bertz CT molecular complexity index is 1490. The molecular weight excluding hydrogens is 396 g/mol. The molecule has 0 saturated carbocycles. The lowest BCUT2D eigenvalue weighted by molar-refractivity contribution is 0.139. The van der Waals surface area contributed by atoms with Gasteiger partial charge in [-0.1, -0.05) is 48.5 Å². The van der Waals surface area contributed by atoms with Gasteiger partial charge in [0.25, 0.3) is 0 Å². The van der Waals surface area contributed by atoms with Crippen LogP contribution in [0, 0.1) is 0 Å². The molecule has 0 fully saturated rings. The average Bonchev–Trinajstić information content (AvgIpc) is 3.36. The van der Waals surface area contributed by atoms with E-state index in [1.807, 2.05) is 48.7 Å². The molecule has 6 rings (SSSR count). The summed E-state index contributed by atoms with van der Waals surface area (Å²) in [6, 6.07) is 28.7. The molecule has 156 valence electrons. The van der Waals surface area contributed by atoms with E-state index in [2.05, 4.69) is 56.6 Å². The average molecular weight is 419 g/mol. The van der Waals surface area contributed by atoms with E-state index in [0.717, 1.165) is 33.5 Å². The minimum absolute atomic E-state index is 0.436. The zero-order valence-corrected chi connectivity index (χ0v) is 17.5. The summed E-state index contributed by atoms with van der Waals surface area (Å²) in [5.41, 5.74) is 5.13. The number of hydrogen-bond donors (Lipinski definition) is 1. The van der Waals surface area contributed by atoms with Crippen LogP contribution in [0.2, 0.25) is 0 Å². The maximum absolute atomic E-state index is 11.3. The minimum atomic E-state index is -0.595. The fourth-order valence-electron chi connectivity index (χ4n) is 4.65. The van der Waals surface area contributed by atoms with Crippen LogP contribution in [0.5, 0.6) is 0 Å². The second-order valence-corrected chi connectivity index (χ2v) is 8.08. The third kappa shape index (κ3) is 3.06. The predicted octanol–water partition coefficient (Wildman–Crippen LogP) is 5.27. The Labute approximate surface area is 185 Å². The van der Waals surface area contributed by atoms with Crippen LogP contribution in [0.3, 0.4) is 0 Å². The summed E-state index contributed by atoms with van der Waals surface area (Å²) >= 11 is 0. The van der Waals surface area contributed by atoms with Gasteiger partial charge in [0.05, 0.1) is 30.2 Å². The van der Waals surface area contributed by atoms with Crippen LogP contribution in [0.15, 0.2) is 97.3 Å². The van der Waals surface area contributed by atoms with Gasteiger partial charge in [-0.15, -0.1) is 0 Å². The molecule has 1 unspecified atom stereocenters. The Kier molecular flexibility index (Phi) is 4.47. The van der Waals surface area contributed by atoms with Gasteiger partial charge in [0.2, 0.25) is 0 Å². The van der Waals surface area contributed by atoms with Crippen LogP contribution in [0.1, 0.15) is 0 Å². The number of para-hydroxylation sites is 4. The van der Waals surface area contributed by atoms with Gasteiger partial charge >= 0.3 is 0 Å². The highest BCUT2D eigenvalue weighted by molar-refractivity contribution is 6.07. The number of rotatable bonds is 5. The first kappa shape index (κ1) is 18.8. The molecule has 0 aliphatic rings. The van der Waals surface area contributed by atoms with E-state index in [-0.39, 0.29) is 0 Å². The maximum atomic E-state index is 11.3. The van der Waals surface area contributed by atoms with Gasteiger partial charge in [0, 0.05) is 39.8 Å². The molecule has 0 aliphatic heterocycles. The van der Waals surface area contributed by atoms with Gasteiger partial charge in [-0.2, -0.15) is 0 Å². The molecule has 5 nitrogen and oxygen atoms in total. The normalized spacial score (nSPS) is 12.7. The molecule has 0 bridgehead atoms. The van der Waals surface area contributed by atoms with Gasteiger partial charge in [0.1, 0.15) is 5.82 Å². The van der Waals surface area contributed by atoms with E-state index in [4.69, 9.17) is 4.98 Å². The molecule has 6 aromatic rings. The third-order valence-corrected chi connectivity index (χ3v) is 6.04. The minimum Gasteiger partial charge on any atom is -0.389 e. The Hall–Kier alpha value is -3.96. The number of nitrogens with zero attached hydrogens (tertiary/aromatic N) is 4. The molecule has 5 heteroatoms. The molecule has 0 spiro atoms. The highest BCUT2D eigenvalue weighted by Crippen LogP contribution is 2.30. The summed E-state index contributed by atoms with van der Waals surface area (Å²) in [6.45, 7) is 0.929. The monoisotopic (exact) mass is 418 g/mol. The summed E-state index contributed by atoms with van der Waals surface area (Å²) in [5.74, 6) is 0.820. The number of aromatic nitrogens is 4. The van der Waals surface area contributed by atoms with Gasteiger partial charge in [-0.25, -0.2) is 4.98 Å². The Morgan fingerprint density at radius 1 is 0.688 bits per heavy atom. The van der Waals surface area contributed by atoms with E-state index in [1.165, 1.54) is 10.8 Å². The Morgan fingerprint density at radius 3 is 2.00 bits per heavy atom. The third-order valence-electron chi connectivity index (χ3n) is 6.04. The molecular formula is C27H22N4O. The molecule has 3 heterocycles. The fourth-order valence-corrected chi connectivity index (χ4v) is 4.65. The molecule has 3 aromatic heterocycles. The number of fused-ring (bicyclic) bond motifs is 4. The van der Waals surface area contributed by atoms with Crippen molar-refractivity contribution in [2.24, 2.45) is 0 Å². The number of aliphatic hydroxyl groups is 1. The van der Waals surface area contributed by atoms with Gasteiger partial charge in [-0.05, 0) is 36.4 Å². The zero-order valence-electron chi connectivity index (χ0n) is 17.5. The van der Waals surface area contributed by atoms with E-state index >= 15 is 0 Å². The lowest BCUT2D eigenvalue weighted by Crippen LogP contribution is -2.22. The van der Waals surface area contributed by atoms with Crippen LogP contribution >= 0.6 is 0 Å². The van der Waals surface area contributed by atoms with Crippen molar-refractivity contribution in [1.29, 1.82) is 0 Å². The van der Waals surface area contributed by atoms with Crippen molar-refractivity contribution in [2.75, 3.05) is 0 Å². The summed E-state index contributed by atoms with van der Waals surface area (Å²) < 4.78 is 4.32. The van der Waals surface area contributed by atoms with Crippen molar-refractivity contribution in [3.8, 4) is 11.4 Å². The van der Waals surface area contributed by atoms with Gasteiger partial charge in [-0.3, -0.25) is 4.98 Å². The fraction of sp³-hybridized carbons (Fsp3) is 0.111. The van der Waals surface area contributed by atoms with E-state index in [9.17, 15) is 5.11 Å². The largest absolute Gasteiger partial charge is 0.389 e. The second kappa shape index (κ2) is 7.62. The summed E-state index contributed by atoms with van der Waals surface area (Å²) in [5, 5.41) is 13.7. The van der Waals surface area contributed by atoms with Crippen molar-refractivity contribution in [3.63, 3.8) is 0 Å². The van der Waals surface area contributed by atoms with E-state index < -0.39 is 6.10 Å². The topological polar surface area (TPSA) is 55.9 Å². The molecule has 0 radical (unpaired) electrons. The van der Waals surface area contributed by atoms with Crippen molar-refractivity contribution in [2.45, 2.75) is 19.2 Å². The highest BCUT2D eigenvalue weighted by Gasteiger charge is 2.18. The van der Waals surface area contributed by atoms with Crippen molar-refractivity contribution >= 4 is 32.8 Å². The molecule has 1 N–H and O–H groups in total. The molecule has 1 atom stereocenters. The van der Waals surface area contributed by atoms with Crippen molar-refractivity contribution < 1.29 is 5.11 Å². The van der Waals surface area contributed by atoms with E-state index in [0.29, 0.717) is 13.1 Å². The summed E-state index contributed by atoms with van der Waals surface area (Å²) in [4.78, 5) is 9.10. The predicted molar refractivity (Wildman–Crippen MR) is 128 cm³/mol. The van der Waals surface area contributed by atoms with Crippen LogP contribution < -0.4 is 0 Å². The van der Waals surface area contributed by atoms with Gasteiger partial charge < -0.3 is 14.2 Å². The Morgan fingerprint density at radius 2 is 1.31 bits per heavy atom. The van der Waals surface area contributed by atoms with Gasteiger partial charge in [0.15, 0.2) is 0 Å². The molecule has 0 amide bonds. The quantitative estimate of drug-likeness (QED) is 0.415. The SMILES string of the molecule is OC(Cn1c(-c2cccnc2)nc2ccccc21)Cn1c2ccccc2c2ccccc21. The number of hydrogen-bond acceptors (Lipinski definition) is 3. The summed E-state index contributed by atoms with van der Waals surface area (Å²) in [6.07, 6.45) is 2.98. The number of aliphatic hydroxyl groups excluding tert-OH is 1. The first-order valence-electron chi connectivity index (χ1n) is 10.8. The number of pyridine rings is 1. The van der Waals surface area contributed by atoms with Crippen molar-refractivity contribution in [3.05, 3.63) is 97.3 Å². The molecule has 3 aromatic carbocycles. The van der Waals surface area contributed by atoms with Crippen LogP contribution in [0.25, 0.3) is 44.2 Å². The molecule has 32 heavy (non-hydrogen) atoms. The summed E-state index contributed by atoms with van der Waals surface area (Å²) in [7, 11) is 0. The standard InChI is InChI=1S/C27H22N4O/c32-20(17-30-24-12-4-1-9-21(24)22-10-2-5-13-25(22)30)18-31-26-14-6-3-11-23(26)29-27(31)19-8-7-15-28-16-19/h1-16,20,32H,17-18H2. The lowest BCUT2D eigenvalue weighted by Gasteiger charge is -2.17. The lowest BCUT2D eigenvalue weighted by atomic mass is 10.2. The van der Waals surface area contributed by atoms with E-state index in [1.54, 1.807) is 6.20 Å². The van der Waals surface area contributed by atoms with Crippen molar-refractivity contribution in [1.82, 2.24) is 19.1 Å². The second-order valence-electron chi connectivity index (χ2n) is 8.08. The molecule has 0 aliphatic carbocycles. The smallest absolute Gasteiger partial charge is 0.142 e.